The van der Waals surface area contributed by atoms with Crippen LogP contribution in [0.25, 0.3) is 0 Å². The average Bonchev–Trinajstić information content (AvgIpc) is 3.20. The van der Waals surface area contributed by atoms with E-state index in [0.29, 0.717) is 23.5 Å². The van der Waals surface area contributed by atoms with Crippen LogP contribution in [0.3, 0.4) is 0 Å². The molecule has 4 rings (SSSR count). The third-order valence-corrected chi connectivity index (χ3v) is 5.26. The molecule has 160 valence electrons. The molecule has 1 aromatic heterocycles. The first-order chi connectivity index (χ1) is 14.2. The summed E-state index contributed by atoms with van der Waals surface area (Å²) in [5.41, 5.74) is 0.595. The highest BCUT2D eigenvalue weighted by atomic mass is 19.2. The molecule has 1 aromatic carbocycles. The van der Waals surface area contributed by atoms with Gasteiger partial charge in [0.15, 0.2) is 23.6 Å². The Morgan fingerprint density at radius 3 is 2.47 bits per heavy atom. The zero-order valence-electron chi connectivity index (χ0n) is 15.7. The number of aliphatic hydroxyl groups is 2. The van der Waals surface area contributed by atoms with Crippen LogP contribution in [0.4, 0.5) is 29.3 Å². The Bertz CT molecular complexity index is 1010. The molecule has 12 heteroatoms. The van der Waals surface area contributed by atoms with Gasteiger partial charge in [-0.05, 0) is 6.92 Å². The van der Waals surface area contributed by atoms with Gasteiger partial charge in [0.1, 0.15) is 6.10 Å². The molecule has 2 aromatic rings. The van der Waals surface area contributed by atoms with Crippen LogP contribution in [0, 0.1) is 17.5 Å². The number of urea groups is 1. The molecule has 0 bridgehead atoms. The highest BCUT2D eigenvalue weighted by Crippen LogP contribution is 2.30. The Labute approximate surface area is 168 Å². The molecule has 0 saturated carbocycles. The van der Waals surface area contributed by atoms with E-state index in [2.05, 4.69) is 10.4 Å². The van der Waals surface area contributed by atoms with Gasteiger partial charge < -0.3 is 25.3 Å². The van der Waals surface area contributed by atoms with E-state index in [-0.39, 0.29) is 31.4 Å². The van der Waals surface area contributed by atoms with Crippen molar-refractivity contribution in [2.24, 2.45) is 0 Å². The van der Waals surface area contributed by atoms with Gasteiger partial charge in [0.05, 0.1) is 43.3 Å². The maximum atomic E-state index is 13.4. The second-order valence-electron chi connectivity index (χ2n) is 7.28. The number of aliphatic hydroxyl groups excluding tert-OH is 2. The molecule has 3 atom stereocenters. The Morgan fingerprint density at radius 2 is 1.87 bits per heavy atom. The molecule has 2 unspecified atom stereocenters. The van der Waals surface area contributed by atoms with E-state index >= 15 is 0 Å². The van der Waals surface area contributed by atoms with Crippen LogP contribution in [0.2, 0.25) is 0 Å². The van der Waals surface area contributed by atoms with E-state index in [9.17, 15) is 33.0 Å². The van der Waals surface area contributed by atoms with Gasteiger partial charge in [-0.3, -0.25) is 9.48 Å². The van der Waals surface area contributed by atoms with Gasteiger partial charge in [-0.1, -0.05) is 0 Å². The Morgan fingerprint density at radius 1 is 1.20 bits per heavy atom. The zero-order valence-corrected chi connectivity index (χ0v) is 15.7. The van der Waals surface area contributed by atoms with Crippen molar-refractivity contribution in [3.8, 4) is 0 Å². The lowest BCUT2D eigenvalue weighted by atomic mass is 10.2. The van der Waals surface area contributed by atoms with Crippen LogP contribution in [-0.4, -0.2) is 61.6 Å². The molecule has 3 N–H and O–H groups in total. The number of β-amino-alcohol motifs (C(OH)–C–C–N with tert-alkyl or cyclic N) is 1. The Kier molecular flexibility index (Phi) is 4.90. The van der Waals surface area contributed by atoms with Crippen molar-refractivity contribution < 1.29 is 33.0 Å². The molecule has 3 heterocycles. The van der Waals surface area contributed by atoms with E-state index < -0.39 is 41.6 Å². The van der Waals surface area contributed by atoms with Gasteiger partial charge >= 0.3 is 6.03 Å². The fourth-order valence-electron chi connectivity index (χ4n) is 3.63. The maximum Gasteiger partial charge on any atom is 0.322 e. The summed E-state index contributed by atoms with van der Waals surface area (Å²) in [6.45, 7) is 1.91. The van der Waals surface area contributed by atoms with E-state index in [4.69, 9.17) is 0 Å². The molecular formula is C18H18F3N5O4. The number of carbonyl (C=O) groups excluding carboxylic acids is 2. The second kappa shape index (κ2) is 7.29. The van der Waals surface area contributed by atoms with Gasteiger partial charge in [0.25, 0.3) is 5.91 Å². The van der Waals surface area contributed by atoms with Crippen LogP contribution in [0.1, 0.15) is 12.6 Å². The number of nitrogens with one attached hydrogen (secondary N) is 1. The van der Waals surface area contributed by atoms with Crippen LogP contribution < -0.4 is 10.2 Å². The molecule has 30 heavy (non-hydrogen) atoms. The minimum atomic E-state index is -1.63. The van der Waals surface area contributed by atoms with E-state index in [1.807, 2.05) is 0 Å². The lowest BCUT2D eigenvalue weighted by Crippen LogP contribution is -2.47. The van der Waals surface area contributed by atoms with Gasteiger partial charge in [-0.2, -0.15) is 5.10 Å². The van der Waals surface area contributed by atoms with Gasteiger partial charge in [0.2, 0.25) is 0 Å². The monoisotopic (exact) mass is 425 g/mol. The van der Waals surface area contributed by atoms with Crippen molar-refractivity contribution >= 4 is 23.3 Å². The van der Waals surface area contributed by atoms with Crippen molar-refractivity contribution in [1.82, 2.24) is 14.7 Å². The van der Waals surface area contributed by atoms with Gasteiger partial charge in [-0.15, -0.1) is 0 Å². The second-order valence-corrected chi connectivity index (χ2v) is 7.28. The lowest BCUT2D eigenvalue weighted by Gasteiger charge is -2.35. The van der Waals surface area contributed by atoms with Crippen molar-refractivity contribution in [3.05, 3.63) is 41.5 Å². The summed E-state index contributed by atoms with van der Waals surface area (Å²) in [7, 11) is 0. The van der Waals surface area contributed by atoms with Crippen LogP contribution in [-0.2, 0) is 17.9 Å². The molecular weight excluding hydrogens is 407 g/mol. The Balaban J connectivity index is 1.57. The number of hydrogen-bond donors (Lipinski definition) is 3. The molecule has 2 aliphatic heterocycles. The molecule has 0 aliphatic carbocycles. The average molecular weight is 425 g/mol. The summed E-state index contributed by atoms with van der Waals surface area (Å²) in [5.74, 6) is -5.17. The van der Waals surface area contributed by atoms with E-state index in [1.54, 1.807) is 11.6 Å². The SMILES string of the molecule is C[C@H]1Cn2ncc(N3CC(O)C(O)C3=O)c2CN1C(=O)Nc1cc(F)c(F)c(F)c1. The smallest absolute Gasteiger partial charge is 0.322 e. The number of rotatable bonds is 2. The number of aromatic nitrogens is 2. The first-order valence-corrected chi connectivity index (χ1v) is 9.11. The van der Waals surface area contributed by atoms with E-state index in [1.165, 1.54) is 16.0 Å². The Hall–Kier alpha value is -3.12. The maximum absolute atomic E-state index is 13.4. The summed E-state index contributed by atoms with van der Waals surface area (Å²) in [5, 5.41) is 26.0. The molecule has 3 amide bonds. The lowest BCUT2D eigenvalue weighted by molar-refractivity contribution is -0.126. The quantitative estimate of drug-likeness (QED) is 0.617. The molecule has 0 radical (unpaired) electrons. The fraction of sp³-hybridized carbons (Fsp3) is 0.389. The topological polar surface area (TPSA) is 111 Å². The van der Waals surface area contributed by atoms with Crippen molar-refractivity contribution in [2.45, 2.75) is 38.3 Å². The van der Waals surface area contributed by atoms with Gasteiger partial charge in [-0.25, -0.2) is 18.0 Å². The third-order valence-electron chi connectivity index (χ3n) is 5.26. The molecule has 1 fully saturated rings. The summed E-state index contributed by atoms with van der Waals surface area (Å²) in [4.78, 5) is 27.5. The number of fused-ring (bicyclic) bond motifs is 1. The molecule has 0 spiro atoms. The summed E-state index contributed by atoms with van der Waals surface area (Å²) >= 11 is 0. The molecule has 1 saturated heterocycles. The van der Waals surface area contributed by atoms with Crippen LogP contribution in [0.5, 0.6) is 0 Å². The first-order valence-electron chi connectivity index (χ1n) is 9.11. The number of hydrogen-bond acceptors (Lipinski definition) is 5. The normalized spacial score (nSPS) is 23.7. The highest BCUT2D eigenvalue weighted by molar-refractivity contribution is 6.00. The number of benzene rings is 1. The molecule has 2 aliphatic rings. The standard InChI is InChI=1S/C18H18F3N5O4/c1-8-5-26-13(12(4-22-26)25-7-14(27)16(28)17(25)29)6-24(8)18(30)23-9-2-10(19)15(21)11(20)3-9/h2-4,8,14,16,27-28H,5-7H2,1H3,(H,23,30)/t8-,14?,16?/m0/s1. The fourth-order valence-corrected chi connectivity index (χ4v) is 3.63. The minimum absolute atomic E-state index is 0.00443. The van der Waals surface area contributed by atoms with Crippen molar-refractivity contribution in [2.75, 3.05) is 16.8 Å². The van der Waals surface area contributed by atoms with E-state index in [0.717, 1.165) is 0 Å². The number of anilines is 2. The predicted molar refractivity (Wildman–Crippen MR) is 96.9 cm³/mol. The highest BCUT2D eigenvalue weighted by Gasteiger charge is 2.41. The third kappa shape index (κ3) is 3.27. The van der Waals surface area contributed by atoms with Crippen LogP contribution in [0.15, 0.2) is 18.3 Å². The van der Waals surface area contributed by atoms with Gasteiger partial charge in [0, 0.05) is 17.8 Å². The number of nitrogens with zero attached hydrogens (tertiary/aromatic N) is 4. The summed E-state index contributed by atoms with van der Waals surface area (Å²) in [6.07, 6.45) is -1.36. The largest absolute Gasteiger partial charge is 0.388 e. The van der Waals surface area contributed by atoms with Crippen LogP contribution >= 0.6 is 0 Å². The molecule has 9 nitrogen and oxygen atoms in total. The van der Waals surface area contributed by atoms with Crippen molar-refractivity contribution in [3.63, 3.8) is 0 Å². The predicted octanol–water partition coefficient (Wildman–Crippen LogP) is 0.805. The first kappa shape index (κ1) is 20.2. The minimum Gasteiger partial charge on any atom is -0.388 e. The summed E-state index contributed by atoms with van der Waals surface area (Å²) < 4.78 is 41.6. The number of halogens is 3. The number of amides is 3. The number of carbonyl (C=O) groups is 2. The summed E-state index contributed by atoms with van der Waals surface area (Å²) in [6, 6.07) is 0.309. The zero-order chi connectivity index (χ0) is 21.7. The van der Waals surface area contributed by atoms with Crippen molar-refractivity contribution in [1.29, 1.82) is 0 Å².